The molecule has 0 bridgehead atoms. The molecule has 2 heterocycles. The molecule has 1 aliphatic rings. The summed E-state index contributed by atoms with van der Waals surface area (Å²) >= 11 is 0. The van der Waals surface area contributed by atoms with Gasteiger partial charge >= 0.3 is 0 Å². The maximum absolute atomic E-state index is 12.4. The Labute approximate surface area is 146 Å². The van der Waals surface area contributed by atoms with E-state index in [0.717, 1.165) is 22.4 Å². The number of rotatable bonds is 5. The average Bonchev–Trinajstić information content (AvgIpc) is 3.29. The third kappa shape index (κ3) is 2.96. The van der Waals surface area contributed by atoms with E-state index in [4.69, 9.17) is 4.98 Å². The van der Waals surface area contributed by atoms with Crippen molar-refractivity contribution in [1.82, 2.24) is 23.8 Å². The van der Waals surface area contributed by atoms with Crippen molar-refractivity contribution in [1.29, 1.82) is 0 Å². The first kappa shape index (κ1) is 16.3. The topological polar surface area (TPSA) is 81.8 Å². The van der Waals surface area contributed by atoms with Gasteiger partial charge in [-0.2, -0.15) is 0 Å². The molecule has 3 aromatic rings. The lowest BCUT2D eigenvalue weighted by Gasteiger charge is -2.05. The lowest BCUT2D eigenvalue weighted by atomic mass is 10.2. The lowest BCUT2D eigenvalue weighted by molar-refractivity contribution is 0.578. The van der Waals surface area contributed by atoms with Gasteiger partial charge in [0.15, 0.2) is 5.03 Å². The number of nitrogens with one attached hydrogen (secondary N) is 1. The van der Waals surface area contributed by atoms with E-state index >= 15 is 0 Å². The molecule has 1 aliphatic carbocycles. The van der Waals surface area contributed by atoms with Gasteiger partial charge in [-0.15, -0.1) is 0 Å². The standard InChI is InChI=1S/C17H21N5O2S/c1-11-19-16(10-21(11)2)25(23,24)18-9-12-4-7-15-14(8-12)20-17(22(15)3)13-5-6-13/h4,7-8,10,13,18H,5-6,9H2,1-3H3. The number of hydrogen-bond acceptors (Lipinski definition) is 4. The van der Waals surface area contributed by atoms with Gasteiger partial charge in [0, 0.05) is 32.8 Å². The Hall–Kier alpha value is -2.19. The van der Waals surface area contributed by atoms with Crippen LogP contribution in [0.15, 0.2) is 29.4 Å². The number of imidazole rings is 2. The van der Waals surface area contributed by atoms with Crippen molar-refractivity contribution in [3.05, 3.63) is 41.6 Å². The Morgan fingerprint density at radius 2 is 2.00 bits per heavy atom. The molecule has 2 aromatic heterocycles. The molecule has 0 radical (unpaired) electrons. The molecule has 25 heavy (non-hydrogen) atoms. The van der Waals surface area contributed by atoms with E-state index in [1.807, 2.05) is 25.2 Å². The Bertz CT molecular complexity index is 1040. The summed E-state index contributed by atoms with van der Waals surface area (Å²) in [5.41, 5.74) is 2.87. The molecule has 7 nitrogen and oxygen atoms in total. The van der Waals surface area contributed by atoms with E-state index < -0.39 is 10.0 Å². The molecule has 0 unspecified atom stereocenters. The molecule has 0 spiro atoms. The van der Waals surface area contributed by atoms with Gasteiger partial charge in [0.2, 0.25) is 0 Å². The summed E-state index contributed by atoms with van der Waals surface area (Å²) in [5.74, 6) is 2.35. The Morgan fingerprint density at radius 3 is 2.64 bits per heavy atom. The van der Waals surface area contributed by atoms with Crippen molar-refractivity contribution in [2.24, 2.45) is 14.1 Å². The number of sulfonamides is 1. The number of benzene rings is 1. The summed E-state index contributed by atoms with van der Waals surface area (Å²) in [6, 6.07) is 5.89. The van der Waals surface area contributed by atoms with E-state index in [0.29, 0.717) is 11.7 Å². The minimum Gasteiger partial charge on any atom is -0.337 e. The first-order chi connectivity index (χ1) is 11.8. The zero-order valence-corrected chi connectivity index (χ0v) is 15.3. The van der Waals surface area contributed by atoms with Gasteiger partial charge in [-0.25, -0.2) is 23.1 Å². The van der Waals surface area contributed by atoms with E-state index in [-0.39, 0.29) is 11.6 Å². The first-order valence-corrected chi connectivity index (χ1v) is 9.78. The van der Waals surface area contributed by atoms with Crippen LogP contribution in [0.25, 0.3) is 11.0 Å². The fourth-order valence-corrected chi connectivity index (χ4v) is 4.04. The van der Waals surface area contributed by atoms with E-state index in [9.17, 15) is 8.42 Å². The van der Waals surface area contributed by atoms with Gasteiger partial charge in [-0.05, 0) is 37.5 Å². The van der Waals surface area contributed by atoms with Gasteiger partial charge in [0.1, 0.15) is 11.6 Å². The fraction of sp³-hybridized carbons (Fsp3) is 0.412. The van der Waals surface area contributed by atoms with E-state index in [2.05, 4.69) is 14.3 Å². The van der Waals surface area contributed by atoms with Crippen LogP contribution in [0.5, 0.6) is 0 Å². The minimum absolute atomic E-state index is 0.0439. The molecule has 8 heteroatoms. The molecule has 1 aromatic carbocycles. The predicted octanol–water partition coefficient (Wildman–Crippen LogP) is 1.97. The SMILES string of the molecule is Cc1nc(S(=O)(=O)NCc2ccc3c(c2)nc(C2CC2)n3C)cn1C. The number of aryl methyl sites for hydroxylation is 3. The van der Waals surface area contributed by atoms with Gasteiger partial charge in [-0.1, -0.05) is 6.07 Å². The Morgan fingerprint density at radius 1 is 1.24 bits per heavy atom. The quantitative estimate of drug-likeness (QED) is 0.755. The largest absolute Gasteiger partial charge is 0.337 e. The smallest absolute Gasteiger partial charge is 0.259 e. The van der Waals surface area contributed by atoms with Crippen molar-refractivity contribution in [2.45, 2.75) is 37.3 Å². The minimum atomic E-state index is -3.63. The second-order valence-electron chi connectivity index (χ2n) is 6.69. The molecule has 0 saturated heterocycles. The molecule has 4 rings (SSSR count). The first-order valence-electron chi connectivity index (χ1n) is 8.30. The van der Waals surface area contributed by atoms with Gasteiger partial charge in [0.25, 0.3) is 10.0 Å². The summed E-state index contributed by atoms with van der Waals surface area (Å²) in [6.07, 6.45) is 3.92. The number of aromatic nitrogens is 4. The monoisotopic (exact) mass is 359 g/mol. The van der Waals surface area contributed by atoms with Crippen molar-refractivity contribution in [3.63, 3.8) is 0 Å². The third-order valence-electron chi connectivity index (χ3n) is 4.75. The maximum Gasteiger partial charge on any atom is 0.259 e. The third-order valence-corrected chi connectivity index (χ3v) is 6.02. The Balaban J connectivity index is 1.56. The van der Waals surface area contributed by atoms with Crippen molar-refractivity contribution in [3.8, 4) is 0 Å². The van der Waals surface area contributed by atoms with Crippen LogP contribution in [0, 0.1) is 6.92 Å². The van der Waals surface area contributed by atoms with Crippen LogP contribution in [0.2, 0.25) is 0 Å². The van der Waals surface area contributed by atoms with Crippen LogP contribution in [0.4, 0.5) is 0 Å². The molecule has 0 amide bonds. The lowest BCUT2D eigenvalue weighted by Crippen LogP contribution is -2.23. The predicted molar refractivity (Wildman–Crippen MR) is 94.7 cm³/mol. The molecule has 132 valence electrons. The highest BCUT2D eigenvalue weighted by Gasteiger charge is 2.28. The zero-order chi connectivity index (χ0) is 17.8. The number of fused-ring (bicyclic) bond motifs is 1. The second-order valence-corrected chi connectivity index (χ2v) is 8.40. The van der Waals surface area contributed by atoms with Crippen LogP contribution < -0.4 is 4.72 Å². The van der Waals surface area contributed by atoms with Crippen molar-refractivity contribution in [2.75, 3.05) is 0 Å². The molecule has 0 aliphatic heterocycles. The van der Waals surface area contributed by atoms with Crippen LogP contribution in [-0.4, -0.2) is 27.5 Å². The van der Waals surface area contributed by atoms with Crippen LogP contribution in [0.3, 0.4) is 0 Å². The summed E-state index contributed by atoms with van der Waals surface area (Å²) in [5, 5.41) is 0.0439. The summed E-state index contributed by atoms with van der Waals surface area (Å²) in [7, 11) is 0.181. The highest BCUT2D eigenvalue weighted by Crippen LogP contribution is 2.40. The average molecular weight is 359 g/mol. The van der Waals surface area contributed by atoms with Crippen LogP contribution in [-0.2, 0) is 30.7 Å². The summed E-state index contributed by atoms with van der Waals surface area (Å²) < 4.78 is 31.2. The summed E-state index contributed by atoms with van der Waals surface area (Å²) in [4.78, 5) is 8.80. The van der Waals surface area contributed by atoms with Gasteiger partial charge < -0.3 is 9.13 Å². The molecule has 0 atom stereocenters. The molecule has 1 N–H and O–H groups in total. The Kier molecular flexibility index (Phi) is 3.69. The fourth-order valence-electron chi connectivity index (χ4n) is 2.99. The van der Waals surface area contributed by atoms with Gasteiger partial charge in [0.05, 0.1) is 11.0 Å². The molecular formula is C17H21N5O2S. The van der Waals surface area contributed by atoms with Crippen LogP contribution >= 0.6 is 0 Å². The zero-order valence-electron chi connectivity index (χ0n) is 14.5. The van der Waals surface area contributed by atoms with Crippen molar-refractivity contribution >= 4 is 21.1 Å². The van der Waals surface area contributed by atoms with Crippen molar-refractivity contribution < 1.29 is 8.42 Å². The number of nitrogens with zero attached hydrogens (tertiary/aromatic N) is 4. The highest BCUT2D eigenvalue weighted by atomic mass is 32.2. The molecular weight excluding hydrogens is 338 g/mol. The second kappa shape index (κ2) is 5.67. The van der Waals surface area contributed by atoms with Crippen LogP contribution in [0.1, 0.15) is 36.0 Å². The van der Waals surface area contributed by atoms with E-state index in [1.165, 1.54) is 19.0 Å². The van der Waals surface area contributed by atoms with E-state index in [1.54, 1.807) is 18.5 Å². The molecule has 1 fully saturated rings. The number of hydrogen-bond donors (Lipinski definition) is 1. The molecule has 1 saturated carbocycles. The normalized spacial score (nSPS) is 15.2. The highest BCUT2D eigenvalue weighted by molar-refractivity contribution is 7.89. The summed E-state index contributed by atoms with van der Waals surface area (Å²) in [6.45, 7) is 1.98. The maximum atomic E-state index is 12.4. The van der Waals surface area contributed by atoms with Gasteiger partial charge in [-0.3, -0.25) is 0 Å².